The number of aromatic nitrogens is 2. The number of hydrogen-bond donors (Lipinski definition) is 1. The van der Waals surface area contributed by atoms with Crippen molar-refractivity contribution in [2.45, 2.75) is 19.5 Å². The van der Waals surface area contributed by atoms with E-state index in [2.05, 4.69) is 10.4 Å². The first-order valence-electron chi connectivity index (χ1n) is 12.3. The van der Waals surface area contributed by atoms with Gasteiger partial charge in [0, 0.05) is 57.9 Å². The number of likely N-dealkylation sites (N-methyl/N-ethyl adjacent to an activating group) is 1. The number of benzene rings is 2. The molecule has 0 unspecified atom stereocenters. The maximum Gasteiger partial charge on any atom is 0.318 e. The van der Waals surface area contributed by atoms with Crippen LogP contribution in [-0.2, 0) is 16.1 Å². The van der Waals surface area contributed by atoms with Gasteiger partial charge in [0.25, 0.3) is 5.91 Å². The maximum absolute atomic E-state index is 13.8. The minimum Gasteiger partial charge on any atom is -0.383 e. The topological polar surface area (TPSA) is 100 Å². The molecule has 0 fully saturated rings. The number of nitrogens with zero attached hydrogens (tertiary/aromatic N) is 5. The standard InChI is InChI=1S/C27H31ClN6O4/c1-19-17-33(26(36)22-10-9-21(15-23(22)28)34-12-6-11-30-34)24-8-5-4-7-20(24)18-32(19)27(37)29-16-25(35)31(2)13-14-38-3/h4-12,15,19H,13-14,16-18H2,1-3H3,(H,29,37)/t19-/m1/s1. The van der Waals surface area contributed by atoms with E-state index in [0.717, 1.165) is 11.3 Å². The lowest BCUT2D eigenvalue weighted by atomic mass is 10.1. The number of rotatable bonds is 7. The van der Waals surface area contributed by atoms with Crippen molar-refractivity contribution >= 4 is 35.1 Å². The smallest absolute Gasteiger partial charge is 0.318 e. The lowest BCUT2D eigenvalue weighted by Gasteiger charge is -2.29. The normalized spacial score (nSPS) is 15.0. The molecule has 200 valence electrons. The van der Waals surface area contributed by atoms with Crippen molar-refractivity contribution in [1.82, 2.24) is 24.9 Å². The first-order chi connectivity index (χ1) is 18.3. The Bertz CT molecular complexity index is 1300. The van der Waals surface area contributed by atoms with E-state index < -0.39 is 0 Å². The molecule has 1 N–H and O–H groups in total. The Hall–Kier alpha value is -3.89. The number of fused-ring (bicyclic) bond motifs is 1. The summed E-state index contributed by atoms with van der Waals surface area (Å²) in [6, 6.07) is 13.8. The van der Waals surface area contributed by atoms with Crippen molar-refractivity contribution in [3.8, 4) is 5.69 Å². The number of ether oxygens (including phenoxy) is 1. The molecule has 0 saturated carbocycles. The highest BCUT2D eigenvalue weighted by molar-refractivity contribution is 6.34. The fourth-order valence-corrected chi connectivity index (χ4v) is 4.56. The van der Waals surface area contributed by atoms with Gasteiger partial charge in [0.1, 0.15) is 0 Å². The molecule has 1 aromatic heterocycles. The van der Waals surface area contributed by atoms with Crippen LogP contribution in [0.15, 0.2) is 60.9 Å². The number of amides is 4. The van der Waals surface area contributed by atoms with E-state index in [0.29, 0.717) is 29.4 Å². The van der Waals surface area contributed by atoms with Crippen molar-refractivity contribution < 1.29 is 19.1 Å². The van der Waals surface area contributed by atoms with Crippen molar-refractivity contribution in [2.75, 3.05) is 45.3 Å². The van der Waals surface area contributed by atoms with Crippen LogP contribution in [0.25, 0.3) is 5.69 Å². The highest BCUT2D eigenvalue weighted by atomic mass is 35.5. The molecule has 38 heavy (non-hydrogen) atoms. The molecule has 0 bridgehead atoms. The summed E-state index contributed by atoms with van der Waals surface area (Å²) in [7, 11) is 3.23. The van der Waals surface area contributed by atoms with Gasteiger partial charge < -0.3 is 24.8 Å². The third-order valence-corrected chi connectivity index (χ3v) is 6.82. The largest absolute Gasteiger partial charge is 0.383 e. The van der Waals surface area contributed by atoms with Crippen LogP contribution in [0.1, 0.15) is 22.8 Å². The van der Waals surface area contributed by atoms with E-state index in [-0.39, 0.29) is 43.5 Å². The van der Waals surface area contributed by atoms with Gasteiger partial charge in [0.15, 0.2) is 0 Å². The third-order valence-electron chi connectivity index (χ3n) is 6.51. The quantitative estimate of drug-likeness (QED) is 0.498. The number of para-hydroxylation sites is 1. The van der Waals surface area contributed by atoms with Crippen LogP contribution >= 0.6 is 11.6 Å². The highest BCUT2D eigenvalue weighted by Gasteiger charge is 2.32. The number of anilines is 1. The van der Waals surface area contributed by atoms with Crippen LogP contribution in [0.3, 0.4) is 0 Å². The molecular weight excluding hydrogens is 508 g/mol. The van der Waals surface area contributed by atoms with Crippen LogP contribution in [0.5, 0.6) is 0 Å². The Kier molecular flexibility index (Phi) is 8.65. The van der Waals surface area contributed by atoms with Gasteiger partial charge in [-0.15, -0.1) is 0 Å². The fraction of sp³-hybridized carbons (Fsp3) is 0.333. The van der Waals surface area contributed by atoms with E-state index >= 15 is 0 Å². The number of nitrogens with one attached hydrogen (secondary N) is 1. The second-order valence-corrected chi connectivity index (χ2v) is 9.51. The van der Waals surface area contributed by atoms with Gasteiger partial charge in [-0.25, -0.2) is 9.48 Å². The molecule has 1 atom stereocenters. The zero-order chi connectivity index (χ0) is 27.2. The Labute approximate surface area is 226 Å². The fourth-order valence-electron chi connectivity index (χ4n) is 4.30. The molecule has 4 amide bonds. The lowest BCUT2D eigenvalue weighted by Crippen LogP contribution is -2.50. The second-order valence-electron chi connectivity index (χ2n) is 9.10. The minimum absolute atomic E-state index is 0.134. The molecule has 0 spiro atoms. The van der Waals surface area contributed by atoms with Crippen molar-refractivity contribution in [3.63, 3.8) is 0 Å². The van der Waals surface area contributed by atoms with E-state index in [1.54, 1.807) is 65.3 Å². The van der Waals surface area contributed by atoms with Gasteiger partial charge in [-0.05, 0) is 42.8 Å². The average molecular weight is 539 g/mol. The van der Waals surface area contributed by atoms with E-state index in [4.69, 9.17) is 16.3 Å². The molecule has 11 heteroatoms. The Morgan fingerprint density at radius 2 is 1.97 bits per heavy atom. The molecular formula is C27H31ClN6O4. The number of carbonyl (C=O) groups excluding carboxylic acids is 3. The number of carbonyl (C=O) groups is 3. The predicted octanol–water partition coefficient (Wildman–Crippen LogP) is 3.19. The summed E-state index contributed by atoms with van der Waals surface area (Å²) in [6.07, 6.45) is 3.46. The zero-order valence-corrected chi connectivity index (χ0v) is 22.4. The molecule has 10 nitrogen and oxygen atoms in total. The Morgan fingerprint density at radius 3 is 2.68 bits per heavy atom. The molecule has 1 aliphatic rings. The van der Waals surface area contributed by atoms with Gasteiger partial charge in [-0.3, -0.25) is 9.59 Å². The van der Waals surface area contributed by atoms with E-state index in [1.807, 2.05) is 31.2 Å². The summed E-state index contributed by atoms with van der Waals surface area (Å²) in [5.41, 5.74) is 2.62. The summed E-state index contributed by atoms with van der Waals surface area (Å²) >= 11 is 6.56. The molecule has 1 aliphatic heterocycles. The van der Waals surface area contributed by atoms with Gasteiger partial charge in [0.2, 0.25) is 5.91 Å². The van der Waals surface area contributed by atoms with Crippen LogP contribution < -0.4 is 10.2 Å². The van der Waals surface area contributed by atoms with Crippen molar-refractivity contribution in [1.29, 1.82) is 0 Å². The predicted molar refractivity (Wildman–Crippen MR) is 145 cm³/mol. The van der Waals surface area contributed by atoms with Gasteiger partial charge in [0.05, 0.1) is 29.4 Å². The van der Waals surface area contributed by atoms with Gasteiger partial charge in [-0.1, -0.05) is 29.8 Å². The SMILES string of the molecule is COCCN(C)C(=O)CNC(=O)N1Cc2ccccc2N(C(=O)c2ccc(-n3cccn3)cc2Cl)C[C@H]1C. The van der Waals surface area contributed by atoms with Crippen LogP contribution in [-0.4, -0.2) is 83.9 Å². The zero-order valence-electron chi connectivity index (χ0n) is 21.6. The first-order valence-corrected chi connectivity index (χ1v) is 12.6. The molecule has 3 aromatic rings. The lowest BCUT2D eigenvalue weighted by molar-refractivity contribution is -0.129. The van der Waals surface area contributed by atoms with Crippen molar-refractivity contribution in [2.24, 2.45) is 0 Å². The Balaban J connectivity index is 1.53. The number of methoxy groups -OCH3 is 1. The summed E-state index contributed by atoms with van der Waals surface area (Å²) in [5, 5.41) is 7.24. The summed E-state index contributed by atoms with van der Waals surface area (Å²) < 4.78 is 6.67. The third kappa shape index (κ3) is 5.98. The maximum atomic E-state index is 13.8. The number of urea groups is 1. The molecule has 0 aliphatic carbocycles. The summed E-state index contributed by atoms with van der Waals surface area (Å²) in [5.74, 6) is -0.484. The van der Waals surface area contributed by atoms with Crippen LogP contribution in [0, 0.1) is 0 Å². The van der Waals surface area contributed by atoms with Gasteiger partial charge in [-0.2, -0.15) is 5.10 Å². The van der Waals surface area contributed by atoms with Crippen molar-refractivity contribution in [3.05, 3.63) is 77.1 Å². The molecule has 2 heterocycles. The average Bonchev–Trinajstić information content (AvgIpc) is 3.42. The minimum atomic E-state index is -0.378. The number of halogens is 1. The van der Waals surface area contributed by atoms with E-state index in [1.165, 1.54) is 4.90 Å². The molecule has 0 radical (unpaired) electrons. The van der Waals surface area contributed by atoms with Gasteiger partial charge >= 0.3 is 6.03 Å². The Morgan fingerprint density at radius 1 is 1.18 bits per heavy atom. The van der Waals surface area contributed by atoms with Crippen LogP contribution in [0.2, 0.25) is 5.02 Å². The number of hydrogen-bond acceptors (Lipinski definition) is 5. The molecule has 2 aromatic carbocycles. The second kappa shape index (κ2) is 12.1. The molecule has 0 saturated heterocycles. The van der Waals surface area contributed by atoms with E-state index in [9.17, 15) is 14.4 Å². The summed E-state index contributed by atoms with van der Waals surface area (Å²) in [4.78, 5) is 44.1. The monoisotopic (exact) mass is 538 g/mol. The van der Waals surface area contributed by atoms with Crippen LogP contribution in [0.4, 0.5) is 10.5 Å². The highest BCUT2D eigenvalue weighted by Crippen LogP contribution is 2.30. The molecule has 4 rings (SSSR count). The summed E-state index contributed by atoms with van der Waals surface area (Å²) in [6.45, 7) is 3.12. The first kappa shape index (κ1) is 27.2.